The van der Waals surface area contributed by atoms with Crippen molar-refractivity contribution in [2.24, 2.45) is 11.8 Å². The summed E-state index contributed by atoms with van der Waals surface area (Å²) in [5, 5.41) is 15.4. The van der Waals surface area contributed by atoms with E-state index in [1.54, 1.807) is 12.1 Å². The van der Waals surface area contributed by atoms with Gasteiger partial charge in [-0.25, -0.2) is 4.98 Å². The Morgan fingerprint density at radius 1 is 1.27 bits per heavy atom. The van der Waals surface area contributed by atoms with Crippen molar-refractivity contribution in [2.75, 3.05) is 20.2 Å². The van der Waals surface area contributed by atoms with E-state index in [9.17, 15) is 4.79 Å². The largest absolute Gasteiger partial charge is 0.480 e. The zero-order chi connectivity index (χ0) is 18.3. The third kappa shape index (κ3) is 3.15. The number of hydrogen-bond donors (Lipinski definition) is 1. The second kappa shape index (κ2) is 6.66. The normalized spacial score (nSPS) is 22.8. The van der Waals surface area contributed by atoms with Crippen molar-refractivity contribution in [1.29, 1.82) is 0 Å². The van der Waals surface area contributed by atoms with E-state index in [1.807, 2.05) is 4.90 Å². The molecule has 2 aromatic rings. The fourth-order valence-corrected chi connectivity index (χ4v) is 3.70. The zero-order valence-electron chi connectivity index (χ0n) is 15.3. The third-order valence-electron chi connectivity index (χ3n) is 5.34. The summed E-state index contributed by atoms with van der Waals surface area (Å²) in [5.41, 5.74) is 0.349. The van der Waals surface area contributed by atoms with Gasteiger partial charge in [0.25, 0.3) is 5.91 Å². The van der Waals surface area contributed by atoms with E-state index in [1.165, 1.54) is 20.0 Å². The Labute approximate surface area is 152 Å². The van der Waals surface area contributed by atoms with Crippen molar-refractivity contribution >= 4 is 5.91 Å². The zero-order valence-corrected chi connectivity index (χ0v) is 15.3. The van der Waals surface area contributed by atoms with E-state index in [0.717, 1.165) is 18.2 Å². The Bertz CT molecular complexity index is 783. The molecule has 1 aliphatic heterocycles. The monoisotopic (exact) mass is 356 g/mol. The van der Waals surface area contributed by atoms with Gasteiger partial charge >= 0.3 is 0 Å². The summed E-state index contributed by atoms with van der Waals surface area (Å²) >= 11 is 0. The van der Waals surface area contributed by atoms with Gasteiger partial charge in [0, 0.05) is 31.0 Å². The van der Waals surface area contributed by atoms with Gasteiger partial charge in [-0.3, -0.25) is 9.89 Å². The van der Waals surface area contributed by atoms with Crippen LogP contribution in [0.3, 0.4) is 0 Å². The summed E-state index contributed by atoms with van der Waals surface area (Å²) in [6.45, 7) is 5.54. The molecule has 1 aliphatic carbocycles. The van der Waals surface area contributed by atoms with Crippen molar-refractivity contribution in [3.8, 4) is 5.88 Å². The van der Waals surface area contributed by atoms with Crippen molar-refractivity contribution in [3.63, 3.8) is 0 Å². The Kier molecular flexibility index (Phi) is 4.34. The van der Waals surface area contributed by atoms with Crippen LogP contribution < -0.4 is 4.74 Å². The first kappa shape index (κ1) is 16.9. The van der Waals surface area contributed by atoms with Crippen LogP contribution in [-0.4, -0.2) is 56.4 Å². The number of likely N-dealkylation sites (tertiary alicyclic amines) is 1. The Morgan fingerprint density at radius 3 is 2.65 bits per heavy atom. The maximum Gasteiger partial charge on any atom is 0.274 e. The van der Waals surface area contributed by atoms with Gasteiger partial charge in [0.05, 0.1) is 7.11 Å². The van der Waals surface area contributed by atoms with Crippen LogP contribution in [0.5, 0.6) is 5.88 Å². The highest BCUT2D eigenvalue weighted by atomic mass is 16.5. The molecule has 0 radical (unpaired) electrons. The van der Waals surface area contributed by atoms with E-state index in [-0.39, 0.29) is 17.7 Å². The SMILES string of the molecule is COc1ccc(C(=O)N2C[C@H](c3nc(C(C)C)n[nH]3)[C@@H](C3CC3)C2)nn1. The average molecular weight is 356 g/mol. The standard InChI is InChI=1S/C18H24N6O2/c1-10(2)16-19-17(23-22-16)13-9-24(8-12(13)11-4-5-11)18(25)14-6-7-15(26-3)21-20-14/h6-7,10-13H,4-5,8-9H2,1-3H3,(H,19,22,23)/t12-,13+/m1/s1. The molecule has 1 amide bonds. The molecule has 0 unspecified atom stereocenters. The molecule has 138 valence electrons. The van der Waals surface area contributed by atoms with E-state index < -0.39 is 0 Å². The summed E-state index contributed by atoms with van der Waals surface area (Å²) in [4.78, 5) is 19.4. The number of rotatable bonds is 5. The molecule has 26 heavy (non-hydrogen) atoms. The smallest absolute Gasteiger partial charge is 0.274 e. The van der Waals surface area contributed by atoms with Gasteiger partial charge < -0.3 is 9.64 Å². The highest BCUT2D eigenvalue weighted by Gasteiger charge is 2.46. The molecule has 2 aromatic heterocycles. The number of carbonyl (C=O) groups excluding carboxylic acids is 1. The number of carbonyl (C=O) groups is 1. The van der Waals surface area contributed by atoms with Gasteiger partial charge in [-0.05, 0) is 30.7 Å². The van der Waals surface area contributed by atoms with Crippen LogP contribution in [-0.2, 0) is 0 Å². The fraction of sp³-hybridized carbons (Fsp3) is 0.611. The van der Waals surface area contributed by atoms with Gasteiger partial charge in [-0.15, -0.1) is 10.2 Å². The van der Waals surface area contributed by atoms with E-state index >= 15 is 0 Å². The first-order chi connectivity index (χ1) is 12.6. The molecule has 2 atom stereocenters. The number of H-pyrrole nitrogens is 1. The van der Waals surface area contributed by atoms with Crippen LogP contribution in [0.2, 0.25) is 0 Å². The van der Waals surface area contributed by atoms with Crippen LogP contribution >= 0.6 is 0 Å². The third-order valence-corrected chi connectivity index (χ3v) is 5.34. The van der Waals surface area contributed by atoms with E-state index in [0.29, 0.717) is 30.0 Å². The molecule has 8 nitrogen and oxygen atoms in total. The topological polar surface area (TPSA) is 96.9 Å². The summed E-state index contributed by atoms with van der Waals surface area (Å²) in [6, 6.07) is 3.33. The first-order valence-electron chi connectivity index (χ1n) is 9.16. The predicted octanol–water partition coefficient (Wildman–Crippen LogP) is 1.99. The van der Waals surface area contributed by atoms with Crippen molar-refractivity contribution < 1.29 is 9.53 Å². The second-order valence-electron chi connectivity index (χ2n) is 7.51. The molecule has 0 spiro atoms. The quantitative estimate of drug-likeness (QED) is 0.880. The molecule has 1 saturated heterocycles. The van der Waals surface area contributed by atoms with Gasteiger partial charge in [0.2, 0.25) is 5.88 Å². The average Bonchev–Trinajstić information content (AvgIpc) is 3.21. The van der Waals surface area contributed by atoms with Crippen LogP contribution in [0.25, 0.3) is 0 Å². The summed E-state index contributed by atoms with van der Waals surface area (Å²) in [5.74, 6) is 3.65. The van der Waals surface area contributed by atoms with E-state index in [2.05, 4.69) is 34.2 Å². The Hall–Kier alpha value is -2.51. The maximum atomic E-state index is 12.9. The maximum absolute atomic E-state index is 12.9. The number of ether oxygens (including phenoxy) is 1. The number of nitrogens with zero attached hydrogens (tertiary/aromatic N) is 5. The van der Waals surface area contributed by atoms with Gasteiger partial charge in [0.15, 0.2) is 11.5 Å². The molecule has 3 heterocycles. The van der Waals surface area contributed by atoms with Crippen LogP contribution in [0.1, 0.15) is 60.7 Å². The lowest BCUT2D eigenvalue weighted by atomic mass is 9.91. The molecule has 0 aromatic carbocycles. The highest BCUT2D eigenvalue weighted by Crippen LogP contribution is 2.47. The highest BCUT2D eigenvalue weighted by molar-refractivity contribution is 5.92. The van der Waals surface area contributed by atoms with Crippen LogP contribution in [0.4, 0.5) is 0 Å². The molecule has 1 saturated carbocycles. The molecule has 0 bridgehead atoms. The summed E-state index contributed by atoms with van der Waals surface area (Å²) < 4.78 is 5.01. The number of hydrogen-bond acceptors (Lipinski definition) is 6. The van der Waals surface area contributed by atoms with E-state index in [4.69, 9.17) is 9.72 Å². The number of aromatic amines is 1. The minimum atomic E-state index is -0.0862. The summed E-state index contributed by atoms with van der Waals surface area (Å²) in [7, 11) is 1.53. The second-order valence-corrected chi connectivity index (χ2v) is 7.51. The van der Waals surface area contributed by atoms with Crippen molar-refractivity contribution in [2.45, 2.75) is 38.5 Å². The molecule has 8 heteroatoms. The van der Waals surface area contributed by atoms with Gasteiger partial charge in [-0.1, -0.05) is 13.8 Å². The molecular weight excluding hydrogens is 332 g/mol. The number of amides is 1. The first-order valence-corrected chi connectivity index (χ1v) is 9.16. The molecular formula is C18H24N6O2. The van der Waals surface area contributed by atoms with Crippen LogP contribution in [0.15, 0.2) is 12.1 Å². The lowest BCUT2D eigenvalue weighted by Crippen LogP contribution is -2.30. The van der Waals surface area contributed by atoms with Crippen molar-refractivity contribution in [1.82, 2.24) is 30.3 Å². The lowest BCUT2D eigenvalue weighted by Gasteiger charge is -2.15. The van der Waals surface area contributed by atoms with Crippen LogP contribution in [0, 0.1) is 11.8 Å². The summed E-state index contributed by atoms with van der Waals surface area (Å²) in [6.07, 6.45) is 2.47. The fourth-order valence-electron chi connectivity index (χ4n) is 3.70. The predicted molar refractivity (Wildman–Crippen MR) is 93.9 cm³/mol. The minimum Gasteiger partial charge on any atom is -0.480 e. The number of aromatic nitrogens is 5. The van der Waals surface area contributed by atoms with Gasteiger partial charge in [-0.2, -0.15) is 5.10 Å². The Balaban J connectivity index is 1.54. The Morgan fingerprint density at radius 2 is 2.08 bits per heavy atom. The van der Waals surface area contributed by atoms with Crippen molar-refractivity contribution in [3.05, 3.63) is 29.5 Å². The minimum absolute atomic E-state index is 0.0862. The number of nitrogens with one attached hydrogen (secondary N) is 1. The molecule has 1 N–H and O–H groups in total. The molecule has 4 rings (SSSR count). The molecule has 2 aliphatic rings. The van der Waals surface area contributed by atoms with Gasteiger partial charge in [0.1, 0.15) is 5.82 Å². The molecule has 2 fully saturated rings. The number of methoxy groups -OCH3 is 1. The lowest BCUT2D eigenvalue weighted by molar-refractivity contribution is 0.0777.